The minimum atomic E-state index is -3.64. The number of aromatic nitrogens is 1. The van der Waals surface area contributed by atoms with E-state index in [1.165, 1.54) is 0 Å². The zero-order valence-electron chi connectivity index (χ0n) is 18.1. The van der Waals surface area contributed by atoms with E-state index in [-0.39, 0.29) is 6.54 Å². The molecule has 1 aromatic heterocycles. The number of anilines is 2. The number of aryl methyl sites for hydroxylation is 2. The van der Waals surface area contributed by atoms with E-state index in [1.807, 2.05) is 37.3 Å². The quantitative estimate of drug-likeness (QED) is 0.380. The first-order valence-electron chi connectivity index (χ1n) is 10.2. The zero-order valence-corrected chi connectivity index (χ0v) is 20.5. The van der Waals surface area contributed by atoms with E-state index in [9.17, 15) is 13.2 Å². The molecule has 0 bridgehead atoms. The molecule has 0 aliphatic carbocycles. The van der Waals surface area contributed by atoms with Gasteiger partial charge in [0.05, 0.1) is 11.9 Å². The van der Waals surface area contributed by atoms with Crippen molar-refractivity contribution in [3.05, 3.63) is 70.7 Å². The lowest BCUT2D eigenvalue weighted by Gasteiger charge is -2.22. The van der Waals surface area contributed by atoms with Gasteiger partial charge in [0.2, 0.25) is 15.9 Å². The first-order valence-corrected chi connectivity index (χ1v) is 12.9. The summed E-state index contributed by atoms with van der Waals surface area (Å²) in [7, 11) is -3.64. The molecule has 3 aromatic carbocycles. The molecule has 0 spiro atoms. The van der Waals surface area contributed by atoms with E-state index in [0.29, 0.717) is 11.4 Å². The van der Waals surface area contributed by atoms with Crippen molar-refractivity contribution in [3.63, 3.8) is 0 Å². The van der Waals surface area contributed by atoms with Gasteiger partial charge in [-0.05, 0) is 61.9 Å². The second-order valence-corrected chi connectivity index (χ2v) is 10.5. The fraction of sp³-hybridized carbons (Fsp3) is 0.208. The molecular weight excluding hydrogens is 490 g/mol. The van der Waals surface area contributed by atoms with Gasteiger partial charge >= 0.3 is 0 Å². The Hall–Kier alpha value is -2.84. The topological polar surface area (TPSA) is 71.4 Å². The standard InChI is InChI=1S/C24H24BrN3O3S/c1-4-27-22-8-6-5-7-19(22)20-14-17(9-12-23(20)27)26-24(29)15-28(32(3,30)31)18-10-11-21(25)16(2)13-18/h5-14H,4,15H2,1-3H3,(H,26,29). The molecule has 1 N–H and O–H groups in total. The minimum Gasteiger partial charge on any atom is -0.341 e. The third-order valence-corrected chi connectivity index (χ3v) is 7.52. The summed E-state index contributed by atoms with van der Waals surface area (Å²) in [6.45, 7) is 4.50. The Morgan fingerprint density at radius 3 is 2.44 bits per heavy atom. The van der Waals surface area contributed by atoms with E-state index in [2.05, 4.69) is 44.9 Å². The molecule has 1 amide bonds. The van der Waals surface area contributed by atoms with Gasteiger partial charge in [-0.25, -0.2) is 8.42 Å². The summed E-state index contributed by atoms with van der Waals surface area (Å²) in [6.07, 6.45) is 1.10. The Morgan fingerprint density at radius 2 is 1.75 bits per heavy atom. The molecule has 0 atom stereocenters. The van der Waals surface area contributed by atoms with Crippen molar-refractivity contribution < 1.29 is 13.2 Å². The van der Waals surface area contributed by atoms with Crippen LogP contribution in [0.5, 0.6) is 0 Å². The Morgan fingerprint density at radius 1 is 1.03 bits per heavy atom. The Kier molecular flexibility index (Phi) is 6.01. The van der Waals surface area contributed by atoms with Crippen LogP contribution in [0, 0.1) is 6.92 Å². The highest BCUT2D eigenvalue weighted by atomic mass is 79.9. The average molecular weight is 514 g/mol. The molecule has 6 nitrogen and oxygen atoms in total. The second-order valence-electron chi connectivity index (χ2n) is 7.74. The van der Waals surface area contributed by atoms with Crippen LogP contribution in [0.25, 0.3) is 21.8 Å². The number of nitrogens with zero attached hydrogens (tertiary/aromatic N) is 2. The highest BCUT2D eigenvalue weighted by Gasteiger charge is 2.21. The van der Waals surface area contributed by atoms with Crippen molar-refractivity contribution in [1.82, 2.24) is 4.57 Å². The Bertz CT molecular complexity index is 1440. The average Bonchev–Trinajstić information content (AvgIpc) is 3.06. The molecule has 32 heavy (non-hydrogen) atoms. The third-order valence-electron chi connectivity index (χ3n) is 5.49. The van der Waals surface area contributed by atoms with Crippen LogP contribution in [0.3, 0.4) is 0 Å². The normalized spacial score (nSPS) is 11.8. The second kappa shape index (κ2) is 8.60. The van der Waals surface area contributed by atoms with Gasteiger partial charge < -0.3 is 9.88 Å². The summed E-state index contributed by atoms with van der Waals surface area (Å²) in [6, 6.07) is 19.1. The molecule has 0 radical (unpaired) electrons. The minimum absolute atomic E-state index is 0.311. The predicted octanol–water partition coefficient (Wildman–Crippen LogP) is 5.29. The van der Waals surface area contributed by atoms with Gasteiger partial charge in [0.25, 0.3) is 0 Å². The Balaban J connectivity index is 1.64. The van der Waals surface area contributed by atoms with Crippen molar-refractivity contribution in [1.29, 1.82) is 0 Å². The molecule has 166 valence electrons. The molecule has 0 fully saturated rings. The number of hydrogen-bond acceptors (Lipinski definition) is 3. The number of para-hydroxylation sites is 1. The summed E-state index contributed by atoms with van der Waals surface area (Å²) in [4.78, 5) is 12.8. The van der Waals surface area contributed by atoms with E-state index in [0.717, 1.165) is 48.9 Å². The SMILES string of the molecule is CCn1c2ccccc2c2cc(NC(=O)CN(c3ccc(Br)c(C)c3)S(C)(=O)=O)ccc21. The number of rotatable bonds is 6. The van der Waals surface area contributed by atoms with Crippen molar-refractivity contribution in [2.45, 2.75) is 20.4 Å². The van der Waals surface area contributed by atoms with E-state index in [1.54, 1.807) is 18.2 Å². The van der Waals surface area contributed by atoms with Crippen molar-refractivity contribution in [3.8, 4) is 0 Å². The van der Waals surface area contributed by atoms with Crippen LogP contribution >= 0.6 is 15.9 Å². The van der Waals surface area contributed by atoms with Crippen LogP contribution in [0.15, 0.2) is 65.1 Å². The summed E-state index contributed by atoms with van der Waals surface area (Å²) in [5.74, 6) is -0.408. The lowest BCUT2D eigenvalue weighted by molar-refractivity contribution is -0.114. The first kappa shape index (κ1) is 22.4. The predicted molar refractivity (Wildman–Crippen MR) is 135 cm³/mol. The maximum absolute atomic E-state index is 12.8. The molecule has 0 saturated carbocycles. The van der Waals surface area contributed by atoms with E-state index >= 15 is 0 Å². The van der Waals surface area contributed by atoms with Gasteiger partial charge in [-0.3, -0.25) is 9.10 Å². The van der Waals surface area contributed by atoms with Crippen LogP contribution in [0.4, 0.5) is 11.4 Å². The molecule has 4 rings (SSSR count). The number of sulfonamides is 1. The van der Waals surface area contributed by atoms with E-state index < -0.39 is 15.9 Å². The number of halogens is 1. The van der Waals surface area contributed by atoms with Gasteiger partial charge in [-0.1, -0.05) is 34.1 Å². The molecule has 0 aliphatic heterocycles. The highest BCUT2D eigenvalue weighted by molar-refractivity contribution is 9.10. The van der Waals surface area contributed by atoms with Crippen LogP contribution in [-0.4, -0.2) is 31.7 Å². The van der Waals surface area contributed by atoms with Crippen molar-refractivity contribution in [2.24, 2.45) is 0 Å². The number of hydrogen-bond donors (Lipinski definition) is 1. The summed E-state index contributed by atoms with van der Waals surface area (Å²) >= 11 is 3.42. The van der Waals surface area contributed by atoms with Gasteiger partial charge in [0, 0.05) is 38.5 Å². The molecule has 0 aliphatic rings. The number of amides is 1. The number of carbonyl (C=O) groups is 1. The molecule has 0 unspecified atom stereocenters. The van der Waals surface area contributed by atoms with Crippen LogP contribution < -0.4 is 9.62 Å². The maximum Gasteiger partial charge on any atom is 0.245 e. The molecule has 8 heteroatoms. The van der Waals surface area contributed by atoms with Crippen molar-refractivity contribution in [2.75, 3.05) is 22.4 Å². The highest BCUT2D eigenvalue weighted by Crippen LogP contribution is 2.31. The fourth-order valence-corrected chi connectivity index (χ4v) is 5.08. The lowest BCUT2D eigenvalue weighted by atomic mass is 10.1. The summed E-state index contributed by atoms with van der Waals surface area (Å²) in [5.41, 5.74) is 4.19. The number of carbonyl (C=O) groups excluding carboxylic acids is 1. The smallest absolute Gasteiger partial charge is 0.245 e. The molecule has 4 aromatic rings. The van der Waals surface area contributed by atoms with E-state index in [4.69, 9.17) is 0 Å². The van der Waals surface area contributed by atoms with Crippen molar-refractivity contribution >= 4 is 65.0 Å². The largest absolute Gasteiger partial charge is 0.341 e. The summed E-state index contributed by atoms with van der Waals surface area (Å²) < 4.78 is 29.0. The van der Waals surface area contributed by atoms with Crippen LogP contribution in [0.2, 0.25) is 0 Å². The van der Waals surface area contributed by atoms with Gasteiger partial charge in [0.1, 0.15) is 6.54 Å². The third kappa shape index (κ3) is 4.25. The van der Waals surface area contributed by atoms with Gasteiger partial charge in [0.15, 0.2) is 0 Å². The zero-order chi connectivity index (χ0) is 23.0. The summed E-state index contributed by atoms with van der Waals surface area (Å²) in [5, 5.41) is 5.02. The van der Waals surface area contributed by atoms with Crippen LogP contribution in [-0.2, 0) is 21.4 Å². The first-order chi connectivity index (χ1) is 15.2. The fourth-order valence-electron chi connectivity index (χ4n) is 3.99. The van der Waals surface area contributed by atoms with Crippen LogP contribution in [0.1, 0.15) is 12.5 Å². The number of fused-ring (bicyclic) bond motifs is 3. The van der Waals surface area contributed by atoms with Gasteiger partial charge in [-0.2, -0.15) is 0 Å². The Labute approximate surface area is 196 Å². The maximum atomic E-state index is 12.8. The number of nitrogens with one attached hydrogen (secondary N) is 1. The molecule has 1 heterocycles. The lowest BCUT2D eigenvalue weighted by Crippen LogP contribution is -2.37. The molecular formula is C24H24BrN3O3S. The number of benzene rings is 3. The molecule has 0 saturated heterocycles. The monoisotopic (exact) mass is 513 g/mol. The van der Waals surface area contributed by atoms with Gasteiger partial charge in [-0.15, -0.1) is 0 Å².